The van der Waals surface area contributed by atoms with Gasteiger partial charge in [0.2, 0.25) is 0 Å². The van der Waals surface area contributed by atoms with Crippen LogP contribution in [0.2, 0.25) is 5.02 Å². The molecular formula is C16H19ClN2O. The fourth-order valence-corrected chi connectivity index (χ4v) is 3.11. The van der Waals surface area contributed by atoms with Crippen molar-refractivity contribution in [1.82, 2.24) is 9.88 Å². The van der Waals surface area contributed by atoms with Crippen LogP contribution in [0, 0.1) is 5.92 Å². The van der Waals surface area contributed by atoms with E-state index in [9.17, 15) is 5.11 Å². The van der Waals surface area contributed by atoms with Crippen LogP contribution in [0.25, 0.3) is 10.9 Å². The standard InChI is InChI=1S/C16H19ClN2O/c17-15-9-13(18-16-4-2-1-3-14(15)16)10-19-7-5-12(11-20)6-8-19/h1-4,9,12,20H,5-8,10-11H2. The average molecular weight is 291 g/mol. The smallest absolute Gasteiger partial charge is 0.0720 e. The summed E-state index contributed by atoms with van der Waals surface area (Å²) in [5.41, 5.74) is 1.98. The third-order valence-corrected chi connectivity index (χ3v) is 4.38. The number of para-hydroxylation sites is 1. The highest BCUT2D eigenvalue weighted by atomic mass is 35.5. The Balaban J connectivity index is 1.75. The van der Waals surface area contributed by atoms with Gasteiger partial charge in [-0.1, -0.05) is 29.8 Å². The molecule has 1 aliphatic rings. The number of benzene rings is 1. The maximum absolute atomic E-state index is 9.17. The minimum atomic E-state index is 0.313. The molecule has 1 aromatic carbocycles. The van der Waals surface area contributed by atoms with Crippen molar-refractivity contribution in [3.63, 3.8) is 0 Å². The van der Waals surface area contributed by atoms with Crippen LogP contribution in [-0.2, 0) is 6.54 Å². The molecule has 0 aliphatic carbocycles. The molecule has 0 unspecified atom stereocenters. The molecule has 1 fully saturated rings. The summed E-state index contributed by atoms with van der Waals surface area (Å²) in [6, 6.07) is 9.95. The molecule has 1 aromatic heterocycles. The number of aliphatic hydroxyl groups is 1. The zero-order valence-corrected chi connectivity index (χ0v) is 12.2. The second-order valence-electron chi connectivity index (χ2n) is 5.51. The lowest BCUT2D eigenvalue weighted by atomic mass is 9.98. The quantitative estimate of drug-likeness (QED) is 0.944. The predicted molar refractivity (Wildman–Crippen MR) is 81.8 cm³/mol. The van der Waals surface area contributed by atoms with Crippen molar-refractivity contribution >= 4 is 22.5 Å². The summed E-state index contributed by atoms with van der Waals surface area (Å²) < 4.78 is 0. The number of fused-ring (bicyclic) bond motifs is 1. The number of likely N-dealkylation sites (tertiary alicyclic amines) is 1. The third-order valence-electron chi connectivity index (χ3n) is 4.07. The highest BCUT2D eigenvalue weighted by Gasteiger charge is 2.19. The minimum absolute atomic E-state index is 0.313. The van der Waals surface area contributed by atoms with Crippen molar-refractivity contribution in [3.8, 4) is 0 Å². The van der Waals surface area contributed by atoms with Crippen LogP contribution in [0.5, 0.6) is 0 Å². The lowest BCUT2D eigenvalue weighted by molar-refractivity contribution is 0.126. The van der Waals surface area contributed by atoms with E-state index in [4.69, 9.17) is 16.6 Å². The number of aromatic nitrogens is 1. The fourth-order valence-electron chi connectivity index (χ4n) is 2.82. The molecular weight excluding hydrogens is 272 g/mol. The first-order chi connectivity index (χ1) is 9.76. The van der Waals surface area contributed by atoms with Gasteiger partial charge < -0.3 is 5.11 Å². The summed E-state index contributed by atoms with van der Waals surface area (Å²) in [6.07, 6.45) is 2.13. The van der Waals surface area contributed by atoms with Crippen LogP contribution < -0.4 is 0 Å². The second-order valence-corrected chi connectivity index (χ2v) is 5.92. The third kappa shape index (κ3) is 2.95. The molecule has 0 spiro atoms. The lowest BCUT2D eigenvalue weighted by Gasteiger charge is -2.30. The summed E-state index contributed by atoms with van der Waals surface area (Å²) in [7, 11) is 0. The summed E-state index contributed by atoms with van der Waals surface area (Å²) in [6.45, 7) is 3.20. The van der Waals surface area contributed by atoms with Gasteiger partial charge in [-0.3, -0.25) is 9.88 Å². The number of aliphatic hydroxyl groups excluding tert-OH is 1. The molecule has 1 aliphatic heterocycles. The van der Waals surface area contributed by atoms with E-state index in [1.165, 1.54) is 0 Å². The summed E-state index contributed by atoms with van der Waals surface area (Å²) in [5, 5.41) is 11.0. The van der Waals surface area contributed by atoms with Gasteiger partial charge in [-0.15, -0.1) is 0 Å². The van der Waals surface area contributed by atoms with Crippen molar-refractivity contribution < 1.29 is 5.11 Å². The summed E-state index contributed by atoms with van der Waals surface area (Å²) >= 11 is 6.33. The van der Waals surface area contributed by atoms with Gasteiger partial charge in [0.25, 0.3) is 0 Å². The van der Waals surface area contributed by atoms with E-state index in [1.54, 1.807) is 0 Å². The molecule has 20 heavy (non-hydrogen) atoms. The van der Waals surface area contributed by atoms with Crippen LogP contribution in [0.4, 0.5) is 0 Å². The molecule has 3 rings (SSSR count). The first-order valence-electron chi connectivity index (χ1n) is 7.13. The van der Waals surface area contributed by atoms with Crippen molar-refractivity contribution in [1.29, 1.82) is 0 Å². The van der Waals surface area contributed by atoms with E-state index in [0.29, 0.717) is 12.5 Å². The first kappa shape index (κ1) is 13.8. The molecule has 4 heteroatoms. The van der Waals surface area contributed by atoms with E-state index in [2.05, 4.69) is 4.90 Å². The molecule has 0 radical (unpaired) electrons. The Labute approximate surface area is 124 Å². The van der Waals surface area contributed by atoms with Crippen molar-refractivity contribution in [3.05, 3.63) is 41.0 Å². The largest absolute Gasteiger partial charge is 0.396 e. The normalized spacial score (nSPS) is 17.7. The number of pyridine rings is 1. The maximum Gasteiger partial charge on any atom is 0.0720 e. The lowest BCUT2D eigenvalue weighted by Crippen LogP contribution is -2.34. The Morgan fingerprint density at radius 1 is 1.25 bits per heavy atom. The average Bonchev–Trinajstić information content (AvgIpc) is 2.48. The maximum atomic E-state index is 9.17. The monoisotopic (exact) mass is 290 g/mol. The highest BCUT2D eigenvalue weighted by Crippen LogP contribution is 2.24. The second kappa shape index (κ2) is 6.08. The van der Waals surface area contributed by atoms with E-state index < -0.39 is 0 Å². The molecule has 2 aromatic rings. The molecule has 106 valence electrons. The van der Waals surface area contributed by atoms with Crippen molar-refractivity contribution in [2.75, 3.05) is 19.7 Å². The number of rotatable bonds is 3. The van der Waals surface area contributed by atoms with Crippen LogP contribution in [0.15, 0.2) is 30.3 Å². The van der Waals surface area contributed by atoms with E-state index in [0.717, 1.165) is 54.1 Å². The SMILES string of the molecule is OCC1CCN(Cc2cc(Cl)c3ccccc3n2)CC1. The Morgan fingerprint density at radius 2 is 2.00 bits per heavy atom. The van der Waals surface area contributed by atoms with Crippen LogP contribution in [-0.4, -0.2) is 34.7 Å². The van der Waals surface area contributed by atoms with E-state index >= 15 is 0 Å². The zero-order chi connectivity index (χ0) is 13.9. The van der Waals surface area contributed by atoms with Crippen molar-refractivity contribution in [2.24, 2.45) is 5.92 Å². The highest BCUT2D eigenvalue weighted by molar-refractivity contribution is 6.35. The molecule has 2 heterocycles. The number of piperidine rings is 1. The molecule has 3 nitrogen and oxygen atoms in total. The number of nitrogens with zero attached hydrogens (tertiary/aromatic N) is 2. The first-order valence-corrected chi connectivity index (χ1v) is 7.51. The van der Waals surface area contributed by atoms with Gasteiger partial charge >= 0.3 is 0 Å². The van der Waals surface area contributed by atoms with Gasteiger partial charge in [0.15, 0.2) is 0 Å². The Bertz CT molecular complexity index is 594. The number of hydrogen-bond donors (Lipinski definition) is 1. The summed E-state index contributed by atoms with van der Waals surface area (Å²) in [4.78, 5) is 7.08. The van der Waals surface area contributed by atoms with Crippen LogP contribution in [0.1, 0.15) is 18.5 Å². The summed E-state index contributed by atoms with van der Waals surface area (Å²) in [5.74, 6) is 0.472. The van der Waals surface area contributed by atoms with Crippen molar-refractivity contribution in [2.45, 2.75) is 19.4 Å². The number of hydrogen-bond acceptors (Lipinski definition) is 3. The van der Waals surface area contributed by atoms with Crippen LogP contribution in [0.3, 0.4) is 0 Å². The van der Waals surface area contributed by atoms with Gasteiger partial charge in [-0.25, -0.2) is 0 Å². The molecule has 0 amide bonds. The van der Waals surface area contributed by atoms with E-state index in [1.807, 2.05) is 30.3 Å². The fraction of sp³-hybridized carbons (Fsp3) is 0.438. The Kier molecular flexibility index (Phi) is 4.20. The van der Waals surface area contributed by atoms with Gasteiger partial charge in [0.05, 0.1) is 16.2 Å². The Morgan fingerprint density at radius 3 is 2.75 bits per heavy atom. The van der Waals surface area contributed by atoms with Gasteiger partial charge in [-0.05, 0) is 44.0 Å². The van der Waals surface area contributed by atoms with Gasteiger partial charge in [0.1, 0.15) is 0 Å². The molecule has 1 N–H and O–H groups in total. The molecule has 0 saturated carbocycles. The minimum Gasteiger partial charge on any atom is -0.396 e. The number of halogens is 1. The predicted octanol–water partition coefficient (Wildman–Crippen LogP) is 3.09. The molecule has 1 saturated heterocycles. The van der Waals surface area contributed by atoms with Crippen LogP contribution >= 0.6 is 11.6 Å². The topological polar surface area (TPSA) is 36.4 Å². The van der Waals surface area contributed by atoms with Gasteiger partial charge in [0, 0.05) is 18.5 Å². The van der Waals surface area contributed by atoms with Gasteiger partial charge in [-0.2, -0.15) is 0 Å². The molecule has 0 atom stereocenters. The molecule has 0 bridgehead atoms. The van der Waals surface area contributed by atoms with E-state index in [-0.39, 0.29) is 0 Å². The zero-order valence-electron chi connectivity index (χ0n) is 11.4. The Hall–Kier alpha value is -1.16.